The molecule has 42 heavy (non-hydrogen) atoms. The van der Waals surface area contributed by atoms with Crippen molar-refractivity contribution in [3.63, 3.8) is 0 Å². The van der Waals surface area contributed by atoms with Crippen LogP contribution < -0.4 is 15.5 Å². The first-order chi connectivity index (χ1) is 20.3. The third-order valence-corrected chi connectivity index (χ3v) is 7.55. The lowest BCUT2D eigenvalue weighted by atomic mass is 10.1. The molecule has 1 aromatic heterocycles. The summed E-state index contributed by atoms with van der Waals surface area (Å²) in [5, 5.41) is 4.77. The molecule has 1 aliphatic rings. The number of anilines is 2. The van der Waals surface area contributed by atoms with E-state index in [9.17, 15) is 24.0 Å². The Bertz CT molecular complexity index is 1680. The Balaban J connectivity index is 1.29. The molecular formula is C32H25N3O6S. The van der Waals surface area contributed by atoms with Gasteiger partial charge in [0.2, 0.25) is 11.8 Å². The lowest BCUT2D eigenvalue weighted by molar-refractivity contribution is -0.121. The fraction of sp³-hybridized carbons (Fsp3) is 0.0938. The van der Waals surface area contributed by atoms with E-state index < -0.39 is 17.1 Å². The van der Waals surface area contributed by atoms with Gasteiger partial charge in [-0.25, -0.2) is 4.90 Å². The molecule has 0 saturated carbocycles. The van der Waals surface area contributed by atoms with Crippen molar-refractivity contribution in [1.82, 2.24) is 5.32 Å². The van der Waals surface area contributed by atoms with E-state index >= 15 is 0 Å². The van der Waals surface area contributed by atoms with Crippen molar-refractivity contribution < 1.29 is 28.4 Å². The lowest BCUT2D eigenvalue weighted by Crippen LogP contribution is -2.31. The third-order valence-electron chi connectivity index (χ3n) is 6.37. The summed E-state index contributed by atoms with van der Waals surface area (Å²) >= 11 is 1.21. The number of carbonyl (C=O) groups excluding carboxylic acids is 5. The zero-order chi connectivity index (χ0) is 29.6. The van der Waals surface area contributed by atoms with Gasteiger partial charge in [-0.05, 0) is 73.7 Å². The van der Waals surface area contributed by atoms with Crippen LogP contribution in [0.4, 0.5) is 11.4 Å². The monoisotopic (exact) mass is 579 g/mol. The molecule has 1 saturated heterocycles. The van der Waals surface area contributed by atoms with Crippen molar-refractivity contribution in [2.24, 2.45) is 0 Å². The van der Waals surface area contributed by atoms with E-state index in [1.807, 2.05) is 0 Å². The molecule has 2 N–H and O–H groups in total. The molecule has 210 valence electrons. The lowest BCUT2D eigenvalue weighted by Gasteiger charge is -2.15. The van der Waals surface area contributed by atoms with Crippen LogP contribution >= 0.6 is 11.8 Å². The summed E-state index contributed by atoms with van der Waals surface area (Å²) in [4.78, 5) is 65.3. The van der Waals surface area contributed by atoms with Crippen LogP contribution in [0, 0.1) is 0 Å². The number of imide groups is 1. The highest BCUT2D eigenvalue weighted by Crippen LogP contribution is 2.35. The van der Waals surface area contributed by atoms with E-state index in [1.165, 1.54) is 31.0 Å². The molecule has 4 amide bonds. The fourth-order valence-electron chi connectivity index (χ4n) is 4.28. The number of amides is 4. The molecule has 5 rings (SSSR count). The van der Waals surface area contributed by atoms with Crippen molar-refractivity contribution in [1.29, 1.82) is 0 Å². The maximum atomic E-state index is 13.3. The maximum Gasteiger partial charge on any atom is 0.272 e. The number of hydrogen-bond donors (Lipinski definition) is 2. The predicted molar refractivity (Wildman–Crippen MR) is 159 cm³/mol. The summed E-state index contributed by atoms with van der Waals surface area (Å²) in [6, 6.07) is 25.0. The van der Waals surface area contributed by atoms with E-state index in [1.54, 1.807) is 91.0 Å². The van der Waals surface area contributed by atoms with Gasteiger partial charge >= 0.3 is 0 Å². The Labute approximate surface area is 245 Å². The number of rotatable bonds is 9. The molecule has 0 aliphatic carbocycles. The van der Waals surface area contributed by atoms with Crippen LogP contribution in [-0.2, 0) is 14.4 Å². The van der Waals surface area contributed by atoms with Gasteiger partial charge in [0.05, 0.1) is 17.2 Å². The second kappa shape index (κ2) is 12.5. The summed E-state index contributed by atoms with van der Waals surface area (Å²) in [7, 11) is 0. The molecule has 0 spiro atoms. The largest absolute Gasteiger partial charge is 0.465 e. The van der Waals surface area contributed by atoms with Crippen LogP contribution in [-0.4, -0.2) is 34.7 Å². The number of Topliss-reactive ketones (excluding diaryl/α,β-unsaturated/α-hetero) is 1. The highest BCUT2D eigenvalue weighted by atomic mass is 32.2. The van der Waals surface area contributed by atoms with Gasteiger partial charge < -0.3 is 15.1 Å². The van der Waals surface area contributed by atoms with E-state index in [0.29, 0.717) is 33.2 Å². The zero-order valence-corrected chi connectivity index (χ0v) is 23.2. The van der Waals surface area contributed by atoms with Gasteiger partial charge in [0.25, 0.3) is 11.8 Å². The molecule has 4 aromatic rings. The Morgan fingerprint density at radius 1 is 0.905 bits per heavy atom. The molecule has 1 unspecified atom stereocenters. The number of ketones is 1. The number of nitrogens with zero attached hydrogens (tertiary/aromatic N) is 1. The van der Waals surface area contributed by atoms with Crippen LogP contribution in [0.15, 0.2) is 112 Å². The Kier molecular flexibility index (Phi) is 8.44. The molecule has 2 heterocycles. The van der Waals surface area contributed by atoms with Crippen LogP contribution in [0.25, 0.3) is 6.08 Å². The second-order valence-corrected chi connectivity index (χ2v) is 10.6. The number of carbonyl (C=O) groups is 5. The van der Waals surface area contributed by atoms with Gasteiger partial charge in [-0.2, -0.15) is 0 Å². The van der Waals surface area contributed by atoms with Gasteiger partial charge in [-0.1, -0.05) is 24.3 Å². The maximum absolute atomic E-state index is 13.3. The minimum atomic E-state index is -0.657. The minimum absolute atomic E-state index is 0.0100. The predicted octanol–water partition coefficient (Wildman–Crippen LogP) is 5.32. The quantitative estimate of drug-likeness (QED) is 0.156. The van der Waals surface area contributed by atoms with E-state index in [4.69, 9.17) is 4.42 Å². The van der Waals surface area contributed by atoms with Crippen LogP contribution in [0.2, 0.25) is 0 Å². The van der Waals surface area contributed by atoms with E-state index in [-0.39, 0.29) is 29.7 Å². The summed E-state index contributed by atoms with van der Waals surface area (Å²) in [5.74, 6) is -1.46. The normalized spacial score (nSPS) is 15.0. The molecule has 9 nitrogen and oxygen atoms in total. The first kappa shape index (κ1) is 28.3. The first-order valence-electron chi connectivity index (χ1n) is 13.0. The third kappa shape index (κ3) is 6.56. The summed E-state index contributed by atoms with van der Waals surface area (Å²) in [6.45, 7) is 1.45. The van der Waals surface area contributed by atoms with Gasteiger partial charge in [0, 0.05) is 34.2 Å². The first-order valence-corrected chi connectivity index (χ1v) is 13.8. The van der Waals surface area contributed by atoms with Gasteiger partial charge in [0.15, 0.2) is 5.78 Å². The topological polar surface area (TPSA) is 126 Å². The van der Waals surface area contributed by atoms with Gasteiger partial charge in [-0.15, -0.1) is 11.8 Å². The van der Waals surface area contributed by atoms with Crippen molar-refractivity contribution in [3.8, 4) is 0 Å². The SMILES string of the molecule is CC(=O)c1ccc(N2C(=O)CC(Sc3cccc(NC(=O)C(=Cc4ccco4)NC(=O)c4ccccc4)c3)C2=O)cc1. The minimum Gasteiger partial charge on any atom is -0.465 e. The molecule has 0 bridgehead atoms. The Morgan fingerprint density at radius 2 is 1.67 bits per heavy atom. The summed E-state index contributed by atoms with van der Waals surface area (Å²) < 4.78 is 5.33. The average molecular weight is 580 g/mol. The molecule has 3 aromatic carbocycles. The smallest absolute Gasteiger partial charge is 0.272 e. The molecule has 1 atom stereocenters. The van der Waals surface area contributed by atoms with Gasteiger partial charge in [-0.3, -0.25) is 24.0 Å². The molecule has 1 aliphatic heterocycles. The van der Waals surface area contributed by atoms with Crippen LogP contribution in [0.5, 0.6) is 0 Å². The van der Waals surface area contributed by atoms with Crippen molar-refractivity contribution in [2.45, 2.75) is 23.5 Å². The molecule has 0 radical (unpaired) electrons. The molecule has 10 heteroatoms. The number of benzene rings is 3. The second-order valence-electron chi connectivity index (χ2n) is 9.36. The van der Waals surface area contributed by atoms with Gasteiger partial charge in [0.1, 0.15) is 11.5 Å². The Hall–Kier alpha value is -5.22. The summed E-state index contributed by atoms with van der Waals surface area (Å²) in [5.41, 5.74) is 1.68. The average Bonchev–Trinajstić information content (AvgIpc) is 3.60. The Morgan fingerprint density at radius 3 is 2.36 bits per heavy atom. The van der Waals surface area contributed by atoms with E-state index in [2.05, 4.69) is 10.6 Å². The number of nitrogens with one attached hydrogen (secondary N) is 2. The van der Waals surface area contributed by atoms with E-state index in [0.717, 1.165) is 4.90 Å². The number of furan rings is 1. The highest BCUT2D eigenvalue weighted by molar-refractivity contribution is 8.00. The van der Waals surface area contributed by atoms with Crippen molar-refractivity contribution in [2.75, 3.05) is 10.2 Å². The standard InChI is InChI=1S/C32H25N3O6S/c1-20(36)21-12-14-24(15-13-21)35-29(37)19-28(32(35)40)42-26-11-5-9-23(17-26)33-31(39)27(18-25-10-6-16-41-25)34-30(38)22-7-3-2-4-8-22/h2-18,28H,19H2,1H3,(H,33,39)(H,34,38). The molecule has 1 fully saturated rings. The molecular weight excluding hydrogens is 554 g/mol. The van der Waals surface area contributed by atoms with Crippen molar-refractivity contribution >= 4 is 58.6 Å². The zero-order valence-electron chi connectivity index (χ0n) is 22.4. The highest BCUT2D eigenvalue weighted by Gasteiger charge is 2.40. The fourth-order valence-corrected chi connectivity index (χ4v) is 5.39. The van der Waals surface area contributed by atoms with Crippen LogP contribution in [0.1, 0.15) is 39.8 Å². The number of hydrogen-bond acceptors (Lipinski definition) is 7. The number of thioether (sulfide) groups is 1. The van der Waals surface area contributed by atoms with Crippen LogP contribution in [0.3, 0.4) is 0 Å². The van der Waals surface area contributed by atoms with Crippen molar-refractivity contribution in [3.05, 3.63) is 120 Å². The summed E-state index contributed by atoms with van der Waals surface area (Å²) in [6.07, 6.45) is 2.89.